The monoisotopic (exact) mass is 222 g/mol. The third kappa shape index (κ3) is 3.20. The van der Waals surface area contributed by atoms with Crippen LogP contribution in [-0.4, -0.2) is 37.6 Å². The molecule has 0 aliphatic rings. The number of ether oxygens (including phenoxy) is 1. The van der Waals surface area contributed by atoms with Gasteiger partial charge in [0, 0.05) is 26.4 Å². The van der Waals surface area contributed by atoms with Gasteiger partial charge in [0.2, 0.25) is 0 Å². The van der Waals surface area contributed by atoms with E-state index < -0.39 is 0 Å². The van der Waals surface area contributed by atoms with Crippen LogP contribution in [0.5, 0.6) is 0 Å². The summed E-state index contributed by atoms with van der Waals surface area (Å²) in [5.74, 6) is 0.751. The van der Waals surface area contributed by atoms with E-state index in [1.807, 2.05) is 18.9 Å². The first-order valence-electron chi connectivity index (χ1n) is 5.25. The highest BCUT2D eigenvalue weighted by Gasteiger charge is 2.10. The zero-order valence-corrected chi connectivity index (χ0v) is 9.73. The van der Waals surface area contributed by atoms with E-state index in [9.17, 15) is 0 Å². The molecule has 5 nitrogen and oxygen atoms in total. The first-order chi connectivity index (χ1) is 7.66. The van der Waals surface area contributed by atoms with E-state index >= 15 is 0 Å². The summed E-state index contributed by atoms with van der Waals surface area (Å²) in [4.78, 5) is 6.17. The van der Waals surface area contributed by atoms with Crippen molar-refractivity contribution in [1.82, 2.24) is 4.98 Å². The summed E-state index contributed by atoms with van der Waals surface area (Å²) in [6.07, 6.45) is 1.69. The van der Waals surface area contributed by atoms with Crippen LogP contribution in [-0.2, 0) is 4.74 Å². The van der Waals surface area contributed by atoms with Crippen LogP contribution in [0.4, 0.5) is 5.82 Å². The summed E-state index contributed by atoms with van der Waals surface area (Å²) < 4.78 is 5.27. The fraction of sp³-hybridized carbons (Fsp3) is 0.455. The highest BCUT2D eigenvalue weighted by atomic mass is 16.5. The number of nitrogen functional groups attached to an aromatic ring is 1. The van der Waals surface area contributed by atoms with E-state index in [0.717, 1.165) is 12.4 Å². The van der Waals surface area contributed by atoms with E-state index in [0.29, 0.717) is 18.8 Å². The van der Waals surface area contributed by atoms with Crippen molar-refractivity contribution < 1.29 is 4.74 Å². The van der Waals surface area contributed by atoms with Gasteiger partial charge >= 0.3 is 0 Å². The van der Waals surface area contributed by atoms with Gasteiger partial charge in [0.1, 0.15) is 11.7 Å². The number of likely N-dealkylation sites (N-methyl/N-ethyl adjacent to an activating group) is 1. The maximum atomic E-state index is 7.46. The summed E-state index contributed by atoms with van der Waals surface area (Å²) in [7, 11) is 1.91. The Kier molecular flexibility index (Phi) is 4.72. The molecule has 0 spiro atoms. The molecular weight excluding hydrogens is 204 g/mol. The summed E-state index contributed by atoms with van der Waals surface area (Å²) in [5, 5.41) is 7.46. The lowest BCUT2D eigenvalue weighted by molar-refractivity contribution is 0.154. The van der Waals surface area contributed by atoms with Gasteiger partial charge in [0.15, 0.2) is 0 Å². The summed E-state index contributed by atoms with van der Waals surface area (Å²) in [5.41, 5.74) is 6.15. The van der Waals surface area contributed by atoms with Crippen molar-refractivity contribution in [2.45, 2.75) is 6.92 Å². The molecule has 0 radical (unpaired) electrons. The van der Waals surface area contributed by atoms with Crippen LogP contribution in [0.3, 0.4) is 0 Å². The molecule has 1 rings (SSSR count). The number of anilines is 1. The molecular formula is C11H18N4O. The molecule has 0 aromatic carbocycles. The van der Waals surface area contributed by atoms with Crippen LogP contribution < -0.4 is 10.6 Å². The second-order valence-electron chi connectivity index (χ2n) is 3.41. The number of nitrogens with one attached hydrogen (secondary N) is 1. The third-order valence-corrected chi connectivity index (χ3v) is 2.21. The number of amidine groups is 1. The predicted molar refractivity (Wildman–Crippen MR) is 65.0 cm³/mol. The SMILES string of the molecule is CCOCCN(C)c1ncccc1C(=N)N. The minimum absolute atomic E-state index is 0.0337. The number of hydrogen-bond donors (Lipinski definition) is 2. The van der Waals surface area contributed by atoms with Crippen LogP contribution in [0, 0.1) is 5.41 Å². The number of hydrogen-bond acceptors (Lipinski definition) is 4. The molecule has 0 aliphatic carbocycles. The molecule has 16 heavy (non-hydrogen) atoms. The van der Waals surface area contributed by atoms with E-state index in [1.165, 1.54) is 0 Å². The van der Waals surface area contributed by atoms with E-state index in [4.69, 9.17) is 15.9 Å². The molecule has 0 atom stereocenters. The molecule has 5 heteroatoms. The van der Waals surface area contributed by atoms with Crippen molar-refractivity contribution in [3.8, 4) is 0 Å². The summed E-state index contributed by atoms with van der Waals surface area (Å²) >= 11 is 0. The van der Waals surface area contributed by atoms with Gasteiger partial charge in [-0.05, 0) is 19.1 Å². The smallest absolute Gasteiger partial charge is 0.139 e. The quantitative estimate of drug-likeness (QED) is 0.425. The van der Waals surface area contributed by atoms with Gasteiger partial charge in [-0.1, -0.05) is 0 Å². The number of rotatable bonds is 6. The molecule has 1 heterocycles. The fourth-order valence-corrected chi connectivity index (χ4v) is 1.36. The average molecular weight is 222 g/mol. The Morgan fingerprint density at radius 1 is 1.62 bits per heavy atom. The van der Waals surface area contributed by atoms with Crippen LogP contribution in [0.15, 0.2) is 18.3 Å². The molecule has 0 saturated carbocycles. The van der Waals surface area contributed by atoms with E-state index in [1.54, 1.807) is 18.3 Å². The third-order valence-electron chi connectivity index (χ3n) is 2.21. The fourth-order valence-electron chi connectivity index (χ4n) is 1.36. The zero-order valence-electron chi connectivity index (χ0n) is 9.73. The Labute approximate surface area is 95.7 Å². The van der Waals surface area contributed by atoms with Crippen LogP contribution in [0.1, 0.15) is 12.5 Å². The van der Waals surface area contributed by atoms with Crippen LogP contribution >= 0.6 is 0 Å². The highest BCUT2D eigenvalue weighted by molar-refractivity contribution is 5.99. The van der Waals surface area contributed by atoms with Crippen LogP contribution in [0.25, 0.3) is 0 Å². The Morgan fingerprint density at radius 2 is 2.38 bits per heavy atom. The lowest BCUT2D eigenvalue weighted by Gasteiger charge is -2.20. The minimum Gasteiger partial charge on any atom is -0.384 e. The van der Waals surface area contributed by atoms with Crippen molar-refractivity contribution in [3.05, 3.63) is 23.9 Å². The van der Waals surface area contributed by atoms with Crippen molar-refractivity contribution in [2.75, 3.05) is 31.7 Å². The molecule has 1 aromatic rings. The van der Waals surface area contributed by atoms with Gasteiger partial charge in [0.05, 0.1) is 12.2 Å². The lowest BCUT2D eigenvalue weighted by atomic mass is 10.2. The van der Waals surface area contributed by atoms with Gasteiger partial charge in [-0.15, -0.1) is 0 Å². The van der Waals surface area contributed by atoms with Gasteiger partial charge < -0.3 is 15.4 Å². The number of nitrogens with two attached hydrogens (primary N) is 1. The van der Waals surface area contributed by atoms with Crippen molar-refractivity contribution in [1.29, 1.82) is 5.41 Å². The standard InChI is InChI=1S/C11H18N4O/c1-3-16-8-7-15(2)11-9(10(12)13)5-4-6-14-11/h4-6H,3,7-8H2,1-2H3,(H3,12,13). The topological polar surface area (TPSA) is 75.2 Å². The Hall–Kier alpha value is -1.62. The van der Waals surface area contributed by atoms with Crippen molar-refractivity contribution >= 4 is 11.7 Å². The second-order valence-corrected chi connectivity index (χ2v) is 3.41. The van der Waals surface area contributed by atoms with Crippen molar-refractivity contribution in [3.63, 3.8) is 0 Å². The maximum absolute atomic E-state index is 7.46. The van der Waals surface area contributed by atoms with E-state index in [-0.39, 0.29) is 5.84 Å². The Morgan fingerprint density at radius 3 is 3.00 bits per heavy atom. The molecule has 0 saturated heterocycles. The molecule has 1 aromatic heterocycles. The first kappa shape index (κ1) is 12.4. The maximum Gasteiger partial charge on any atom is 0.139 e. The van der Waals surface area contributed by atoms with Gasteiger partial charge in [0.25, 0.3) is 0 Å². The molecule has 0 aliphatic heterocycles. The first-order valence-corrected chi connectivity index (χ1v) is 5.25. The van der Waals surface area contributed by atoms with Gasteiger partial charge in [-0.3, -0.25) is 5.41 Å². The van der Waals surface area contributed by atoms with Crippen molar-refractivity contribution in [2.24, 2.45) is 5.73 Å². The summed E-state index contributed by atoms with van der Waals surface area (Å²) in [6.45, 7) is 4.03. The lowest BCUT2D eigenvalue weighted by Crippen LogP contribution is -2.27. The minimum atomic E-state index is 0.0337. The molecule has 0 amide bonds. The zero-order chi connectivity index (χ0) is 12.0. The molecule has 0 bridgehead atoms. The summed E-state index contributed by atoms with van der Waals surface area (Å²) in [6, 6.07) is 3.57. The van der Waals surface area contributed by atoms with Gasteiger partial charge in [-0.2, -0.15) is 0 Å². The molecule has 0 unspecified atom stereocenters. The molecule has 0 fully saturated rings. The normalized spacial score (nSPS) is 10.1. The number of aromatic nitrogens is 1. The highest BCUT2D eigenvalue weighted by Crippen LogP contribution is 2.14. The van der Waals surface area contributed by atoms with Crippen LogP contribution in [0.2, 0.25) is 0 Å². The average Bonchev–Trinajstić information content (AvgIpc) is 2.29. The number of pyridine rings is 1. The number of nitrogens with zero attached hydrogens (tertiary/aromatic N) is 2. The Bertz CT molecular complexity index is 354. The van der Waals surface area contributed by atoms with E-state index in [2.05, 4.69) is 4.98 Å². The molecule has 88 valence electrons. The largest absolute Gasteiger partial charge is 0.384 e. The molecule has 3 N–H and O–H groups in total. The van der Waals surface area contributed by atoms with Gasteiger partial charge in [-0.25, -0.2) is 4.98 Å². The predicted octanol–water partition coefficient (Wildman–Crippen LogP) is 0.838. The Balaban J connectivity index is 2.74. The second kappa shape index (κ2) is 6.07.